The zero-order chi connectivity index (χ0) is 13.1. The van der Waals surface area contributed by atoms with Crippen LogP contribution in [-0.2, 0) is 6.61 Å². The number of benzene rings is 1. The minimum atomic E-state index is -1.11. The molecule has 94 valence electrons. The summed E-state index contributed by atoms with van der Waals surface area (Å²) in [6, 6.07) is 4.38. The van der Waals surface area contributed by atoms with Gasteiger partial charge in [0.1, 0.15) is 22.4 Å². The van der Waals surface area contributed by atoms with Gasteiger partial charge in [-0.2, -0.15) is 0 Å². The van der Waals surface area contributed by atoms with E-state index < -0.39 is 5.97 Å². The van der Waals surface area contributed by atoms with Crippen molar-refractivity contribution in [3.63, 3.8) is 0 Å². The summed E-state index contributed by atoms with van der Waals surface area (Å²) < 4.78 is 9.48. The van der Waals surface area contributed by atoms with Crippen molar-refractivity contribution >= 4 is 40.7 Å². The van der Waals surface area contributed by atoms with Gasteiger partial charge in [0.05, 0.1) is 10.6 Å². The second-order valence-electron chi connectivity index (χ2n) is 3.23. The molecule has 0 bridgehead atoms. The maximum Gasteiger partial charge on any atom is 0.337 e. The Labute approximate surface area is 116 Å². The van der Waals surface area contributed by atoms with E-state index in [1.54, 1.807) is 6.07 Å². The summed E-state index contributed by atoms with van der Waals surface area (Å²) in [5.41, 5.74) is 0.491. The number of carboxylic acid groups (broad SMARTS) is 1. The van der Waals surface area contributed by atoms with Crippen molar-refractivity contribution in [3.05, 3.63) is 38.8 Å². The summed E-state index contributed by atoms with van der Waals surface area (Å²) in [7, 11) is 0. The van der Waals surface area contributed by atoms with Crippen LogP contribution in [0.15, 0.2) is 18.2 Å². The lowest BCUT2D eigenvalue weighted by Gasteiger charge is -2.06. The number of nitrogens with zero attached hydrogens (tertiary/aromatic N) is 2. The highest BCUT2D eigenvalue weighted by molar-refractivity contribution is 7.10. The highest BCUT2D eigenvalue weighted by atomic mass is 35.5. The molecule has 0 aliphatic heterocycles. The number of hydrogen-bond acceptors (Lipinski definition) is 5. The van der Waals surface area contributed by atoms with Crippen LogP contribution < -0.4 is 4.74 Å². The summed E-state index contributed by atoms with van der Waals surface area (Å²) in [6.45, 7) is 0.121. The molecule has 1 N–H and O–H groups in total. The number of aromatic carboxylic acids is 1. The number of carbonyl (C=O) groups is 1. The van der Waals surface area contributed by atoms with Gasteiger partial charge in [-0.25, -0.2) is 4.79 Å². The van der Waals surface area contributed by atoms with E-state index in [0.717, 1.165) is 11.5 Å². The lowest BCUT2D eigenvalue weighted by atomic mass is 10.2. The van der Waals surface area contributed by atoms with Crippen LogP contribution in [-0.4, -0.2) is 20.7 Å². The minimum Gasteiger partial charge on any atom is -0.487 e. The molecule has 1 aromatic heterocycles. The van der Waals surface area contributed by atoms with Crippen LogP contribution in [0.25, 0.3) is 0 Å². The number of aromatic nitrogens is 2. The van der Waals surface area contributed by atoms with Crippen LogP contribution in [0.1, 0.15) is 16.1 Å². The third-order valence-corrected chi connectivity index (χ3v) is 3.37. The first-order valence-electron chi connectivity index (χ1n) is 4.70. The lowest BCUT2D eigenvalue weighted by molar-refractivity contribution is 0.0696. The van der Waals surface area contributed by atoms with Crippen molar-refractivity contribution in [2.45, 2.75) is 6.61 Å². The van der Waals surface area contributed by atoms with E-state index >= 15 is 0 Å². The second-order valence-corrected chi connectivity index (χ2v) is 4.99. The van der Waals surface area contributed by atoms with E-state index in [-0.39, 0.29) is 17.2 Å². The van der Waals surface area contributed by atoms with Crippen LogP contribution in [0.5, 0.6) is 5.75 Å². The Morgan fingerprint density at radius 2 is 2.22 bits per heavy atom. The molecular weight excluding hydrogens is 299 g/mol. The standard InChI is InChI=1S/C10H6Cl2N2O3S/c11-7-2-1-5(3-6(7)10(15)16)17-4-8-9(12)18-14-13-8/h1-3H,4H2,(H,15,16). The molecule has 0 unspecified atom stereocenters. The van der Waals surface area contributed by atoms with E-state index in [2.05, 4.69) is 9.59 Å². The number of ether oxygens (including phenoxy) is 1. The van der Waals surface area contributed by atoms with Crippen molar-refractivity contribution in [1.82, 2.24) is 9.59 Å². The number of halogens is 2. The molecule has 0 fully saturated rings. The summed E-state index contributed by atoms with van der Waals surface area (Å²) in [4.78, 5) is 10.9. The van der Waals surface area contributed by atoms with Crippen LogP contribution >= 0.6 is 34.7 Å². The molecule has 1 aromatic carbocycles. The molecule has 0 saturated heterocycles. The molecule has 1 heterocycles. The van der Waals surface area contributed by atoms with Gasteiger partial charge < -0.3 is 9.84 Å². The molecular formula is C10H6Cl2N2O3S. The molecule has 0 aliphatic rings. The Morgan fingerprint density at radius 3 is 2.83 bits per heavy atom. The number of rotatable bonds is 4. The Kier molecular flexibility index (Phi) is 4.00. The van der Waals surface area contributed by atoms with Crippen LogP contribution in [0.4, 0.5) is 0 Å². The van der Waals surface area contributed by atoms with Crippen molar-refractivity contribution in [2.75, 3.05) is 0 Å². The lowest BCUT2D eigenvalue weighted by Crippen LogP contribution is -2.00. The van der Waals surface area contributed by atoms with Crippen LogP contribution in [0.2, 0.25) is 9.36 Å². The van der Waals surface area contributed by atoms with E-state index in [4.69, 9.17) is 33.0 Å². The zero-order valence-electron chi connectivity index (χ0n) is 8.76. The third-order valence-electron chi connectivity index (χ3n) is 2.05. The predicted octanol–water partition coefficient (Wildman–Crippen LogP) is 3.12. The highest BCUT2D eigenvalue weighted by Crippen LogP contribution is 2.24. The average Bonchev–Trinajstić information content (AvgIpc) is 2.73. The molecule has 0 radical (unpaired) electrons. The van der Waals surface area contributed by atoms with Gasteiger partial charge in [0.2, 0.25) is 0 Å². The third kappa shape index (κ3) is 2.90. The molecule has 2 rings (SSSR count). The van der Waals surface area contributed by atoms with Gasteiger partial charge in [0, 0.05) is 11.5 Å². The first kappa shape index (κ1) is 13.1. The maximum absolute atomic E-state index is 10.9. The topological polar surface area (TPSA) is 72.3 Å². The molecule has 0 aliphatic carbocycles. The van der Waals surface area contributed by atoms with Crippen LogP contribution in [0, 0.1) is 0 Å². The quantitative estimate of drug-likeness (QED) is 0.939. The maximum atomic E-state index is 10.9. The Bertz CT molecular complexity index is 588. The van der Waals surface area contributed by atoms with Gasteiger partial charge >= 0.3 is 5.97 Å². The predicted molar refractivity (Wildman–Crippen MR) is 67.7 cm³/mol. The van der Waals surface area contributed by atoms with Crippen molar-refractivity contribution < 1.29 is 14.6 Å². The average molecular weight is 305 g/mol. The van der Waals surface area contributed by atoms with Crippen molar-refractivity contribution in [1.29, 1.82) is 0 Å². The summed E-state index contributed by atoms with van der Waals surface area (Å²) >= 11 is 12.6. The van der Waals surface area contributed by atoms with Gasteiger partial charge in [-0.3, -0.25) is 0 Å². The zero-order valence-corrected chi connectivity index (χ0v) is 11.1. The fourth-order valence-corrected chi connectivity index (χ4v) is 1.99. The fraction of sp³-hybridized carbons (Fsp3) is 0.100. The van der Waals surface area contributed by atoms with E-state index in [1.165, 1.54) is 12.1 Å². The molecule has 0 spiro atoms. The van der Waals surface area contributed by atoms with Gasteiger partial charge in [-0.1, -0.05) is 27.7 Å². The normalized spacial score (nSPS) is 10.3. The molecule has 0 saturated carbocycles. The smallest absolute Gasteiger partial charge is 0.337 e. The SMILES string of the molecule is O=C(O)c1cc(OCc2nnsc2Cl)ccc1Cl. The second kappa shape index (κ2) is 5.51. The Morgan fingerprint density at radius 1 is 1.44 bits per heavy atom. The minimum absolute atomic E-state index is 0.0170. The molecule has 5 nitrogen and oxygen atoms in total. The van der Waals surface area contributed by atoms with Crippen LogP contribution in [0.3, 0.4) is 0 Å². The van der Waals surface area contributed by atoms with Gasteiger partial charge in [-0.05, 0) is 18.2 Å². The van der Waals surface area contributed by atoms with E-state index in [0.29, 0.717) is 15.8 Å². The highest BCUT2D eigenvalue weighted by Gasteiger charge is 2.11. The fourth-order valence-electron chi connectivity index (χ4n) is 1.19. The summed E-state index contributed by atoms with van der Waals surface area (Å²) in [5, 5.41) is 12.8. The Balaban J connectivity index is 2.13. The summed E-state index contributed by atoms with van der Waals surface area (Å²) in [6.07, 6.45) is 0. The number of hydrogen-bond donors (Lipinski definition) is 1. The van der Waals surface area contributed by atoms with Crippen molar-refractivity contribution in [2.24, 2.45) is 0 Å². The van der Waals surface area contributed by atoms with Gasteiger partial charge in [-0.15, -0.1) is 5.10 Å². The van der Waals surface area contributed by atoms with Gasteiger partial charge in [0.25, 0.3) is 0 Å². The Hall–Kier alpha value is -1.37. The molecule has 0 amide bonds. The monoisotopic (exact) mass is 304 g/mol. The molecule has 0 atom stereocenters. The molecule has 18 heavy (non-hydrogen) atoms. The first-order chi connectivity index (χ1) is 8.58. The van der Waals surface area contributed by atoms with Crippen molar-refractivity contribution in [3.8, 4) is 5.75 Å². The first-order valence-corrected chi connectivity index (χ1v) is 6.23. The molecule has 8 heteroatoms. The van der Waals surface area contributed by atoms with E-state index in [9.17, 15) is 4.79 Å². The molecule has 2 aromatic rings. The van der Waals surface area contributed by atoms with Gasteiger partial charge in [0.15, 0.2) is 0 Å². The number of carboxylic acids is 1. The summed E-state index contributed by atoms with van der Waals surface area (Å²) in [5.74, 6) is -0.736. The van der Waals surface area contributed by atoms with E-state index in [1.807, 2.05) is 0 Å². The largest absolute Gasteiger partial charge is 0.487 e.